The largest absolute Gasteiger partial charge is 0.370 e. The second kappa shape index (κ2) is 2.22. The SMILES string of the molecule is C=C1NC(C=O)CS1. The summed E-state index contributed by atoms with van der Waals surface area (Å²) < 4.78 is 0. The van der Waals surface area contributed by atoms with Gasteiger partial charge in [-0.05, 0) is 0 Å². The third-order valence-electron chi connectivity index (χ3n) is 0.948. The van der Waals surface area contributed by atoms with Crippen molar-refractivity contribution in [1.29, 1.82) is 0 Å². The third kappa shape index (κ3) is 1.04. The molecule has 3 heteroatoms. The zero-order chi connectivity index (χ0) is 5.98. The molecule has 0 saturated carbocycles. The Labute approximate surface area is 52.3 Å². The van der Waals surface area contributed by atoms with E-state index in [2.05, 4.69) is 11.9 Å². The van der Waals surface area contributed by atoms with Gasteiger partial charge in [0.05, 0.1) is 11.1 Å². The summed E-state index contributed by atoms with van der Waals surface area (Å²) in [7, 11) is 0. The van der Waals surface area contributed by atoms with E-state index in [0.29, 0.717) is 0 Å². The van der Waals surface area contributed by atoms with Gasteiger partial charge < -0.3 is 10.1 Å². The van der Waals surface area contributed by atoms with E-state index in [1.165, 1.54) is 0 Å². The molecule has 0 bridgehead atoms. The van der Waals surface area contributed by atoms with Crippen molar-refractivity contribution in [1.82, 2.24) is 5.32 Å². The van der Waals surface area contributed by atoms with Crippen molar-refractivity contribution < 1.29 is 4.79 Å². The van der Waals surface area contributed by atoms with Crippen molar-refractivity contribution in [2.45, 2.75) is 6.04 Å². The van der Waals surface area contributed by atoms with Crippen LogP contribution in [0.1, 0.15) is 0 Å². The van der Waals surface area contributed by atoms with Gasteiger partial charge in [0.1, 0.15) is 6.29 Å². The van der Waals surface area contributed by atoms with Crippen LogP contribution in [0.15, 0.2) is 11.6 Å². The van der Waals surface area contributed by atoms with Crippen LogP contribution >= 0.6 is 11.8 Å². The molecule has 1 fully saturated rings. The van der Waals surface area contributed by atoms with E-state index in [0.717, 1.165) is 17.1 Å². The molecule has 0 amide bonds. The van der Waals surface area contributed by atoms with Crippen LogP contribution in [0.25, 0.3) is 0 Å². The summed E-state index contributed by atoms with van der Waals surface area (Å²) in [5, 5.41) is 3.81. The molecule has 1 aliphatic heterocycles. The summed E-state index contributed by atoms with van der Waals surface area (Å²) in [6.07, 6.45) is 0.908. The zero-order valence-corrected chi connectivity index (χ0v) is 5.20. The molecule has 0 aromatic heterocycles. The standard InChI is InChI=1S/C5H7NOS/c1-4-6-5(2-7)3-8-4/h2,5-6H,1,3H2. The van der Waals surface area contributed by atoms with Gasteiger partial charge in [0.2, 0.25) is 0 Å². The average Bonchev–Trinajstić information content (AvgIpc) is 2.14. The first-order valence-electron chi connectivity index (χ1n) is 2.36. The summed E-state index contributed by atoms with van der Waals surface area (Å²) in [6, 6.07) is 0.00694. The van der Waals surface area contributed by atoms with E-state index in [-0.39, 0.29) is 6.04 Å². The van der Waals surface area contributed by atoms with Crippen molar-refractivity contribution >= 4 is 18.0 Å². The smallest absolute Gasteiger partial charge is 0.143 e. The van der Waals surface area contributed by atoms with Crippen molar-refractivity contribution in [2.24, 2.45) is 0 Å². The van der Waals surface area contributed by atoms with Gasteiger partial charge in [-0.1, -0.05) is 6.58 Å². The molecule has 0 aromatic carbocycles. The van der Waals surface area contributed by atoms with Crippen LogP contribution in [0.3, 0.4) is 0 Å². The normalized spacial score (nSPS) is 27.5. The molecule has 1 N–H and O–H groups in total. The molecule has 1 aliphatic rings. The first-order chi connectivity index (χ1) is 3.83. The maximum Gasteiger partial charge on any atom is 0.143 e. The van der Waals surface area contributed by atoms with Crippen LogP contribution in [0.4, 0.5) is 0 Å². The Morgan fingerprint density at radius 1 is 2.00 bits per heavy atom. The van der Waals surface area contributed by atoms with E-state index in [1.807, 2.05) is 0 Å². The minimum atomic E-state index is 0.00694. The highest BCUT2D eigenvalue weighted by Crippen LogP contribution is 2.18. The number of carbonyl (C=O) groups excluding carboxylic acids is 1. The Morgan fingerprint density at radius 2 is 2.75 bits per heavy atom. The lowest BCUT2D eigenvalue weighted by Gasteiger charge is -1.96. The Balaban J connectivity index is 2.43. The Hall–Kier alpha value is -0.440. The molecular weight excluding hydrogens is 122 g/mol. The molecule has 1 heterocycles. The highest BCUT2D eigenvalue weighted by atomic mass is 32.2. The molecule has 1 unspecified atom stereocenters. The highest BCUT2D eigenvalue weighted by molar-refractivity contribution is 8.03. The Morgan fingerprint density at radius 3 is 3.00 bits per heavy atom. The van der Waals surface area contributed by atoms with Crippen LogP contribution in [0.2, 0.25) is 0 Å². The minimum absolute atomic E-state index is 0.00694. The van der Waals surface area contributed by atoms with E-state index in [4.69, 9.17) is 0 Å². The second-order valence-corrected chi connectivity index (χ2v) is 2.74. The maximum absolute atomic E-state index is 10.0. The van der Waals surface area contributed by atoms with Crippen molar-refractivity contribution in [3.63, 3.8) is 0 Å². The fourth-order valence-corrected chi connectivity index (χ4v) is 1.33. The number of hydrogen-bond donors (Lipinski definition) is 1. The zero-order valence-electron chi connectivity index (χ0n) is 4.39. The summed E-state index contributed by atoms with van der Waals surface area (Å²) >= 11 is 1.59. The first-order valence-corrected chi connectivity index (χ1v) is 3.35. The maximum atomic E-state index is 10.0. The summed E-state index contributed by atoms with van der Waals surface area (Å²) in [6.45, 7) is 3.65. The van der Waals surface area contributed by atoms with Gasteiger partial charge in [0, 0.05) is 5.75 Å². The minimum Gasteiger partial charge on any atom is -0.370 e. The molecule has 2 nitrogen and oxygen atoms in total. The van der Waals surface area contributed by atoms with Gasteiger partial charge in [-0.15, -0.1) is 11.8 Å². The van der Waals surface area contributed by atoms with Gasteiger partial charge in [-0.2, -0.15) is 0 Å². The van der Waals surface area contributed by atoms with Gasteiger partial charge in [0.15, 0.2) is 0 Å². The van der Waals surface area contributed by atoms with E-state index in [9.17, 15) is 4.79 Å². The average molecular weight is 129 g/mol. The number of carbonyl (C=O) groups is 1. The predicted octanol–water partition coefficient (Wildman–Crippen LogP) is 0.361. The van der Waals surface area contributed by atoms with Crippen LogP contribution in [0, 0.1) is 0 Å². The quantitative estimate of drug-likeness (QED) is 0.518. The van der Waals surface area contributed by atoms with E-state index < -0.39 is 0 Å². The summed E-state index contributed by atoms with van der Waals surface area (Å²) in [4.78, 5) is 10.0. The molecule has 0 spiro atoms. The summed E-state index contributed by atoms with van der Waals surface area (Å²) in [5.41, 5.74) is 0. The molecule has 0 aliphatic carbocycles. The lowest BCUT2D eigenvalue weighted by Crippen LogP contribution is -2.23. The van der Waals surface area contributed by atoms with Crippen LogP contribution < -0.4 is 5.32 Å². The first kappa shape index (κ1) is 5.69. The lowest BCUT2D eigenvalue weighted by atomic mass is 10.4. The second-order valence-electron chi connectivity index (χ2n) is 1.62. The van der Waals surface area contributed by atoms with Crippen LogP contribution in [-0.4, -0.2) is 18.1 Å². The third-order valence-corrected chi connectivity index (χ3v) is 1.94. The fraction of sp³-hybridized carbons (Fsp3) is 0.400. The molecule has 0 radical (unpaired) electrons. The number of rotatable bonds is 1. The molecule has 0 aromatic rings. The fourth-order valence-electron chi connectivity index (χ4n) is 0.554. The van der Waals surface area contributed by atoms with Crippen LogP contribution in [0.5, 0.6) is 0 Å². The Kier molecular flexibility index (Phi) is 1.58. The van der Waals surface area contributed by atoms with Gasteiger partial charge in [-0.3, -0.25) is 0 Å². The molecule has 1 rings (SSSR count). The van der Waals surface area contributed by atoms with E-state index in [1.54, 1.807) is 11.8 Å². The molecular formula is C5H7NOS. The molecule has 1 atom stereocenters. The topological polar surface area (TPSA) is 29.1 Å². The van der Waals surface area contributed by atoms with Crippen molar-refractivity contribution in [3.05, 3.63) is 11.6 Å². The van der Waals surface area contributed by atoms with Gasteiger partial charge >= 0.3 is 0 Å². The van der Waals surface area contributed by atoms with Gasteiger partial charge in [-0.25, -0.2) is 0 Å². The Bertz CT molecular complexity index is 124. The molecule has 8 heavy (non-hydrogen) atoms. The number of nitrogens with one attached hydrogen (secondary N) is 1. The number of aldehydes is 1. The highest BCUT2D eigenvalue weighted by Gasteiger charge is 2.14. The predicted molar refractivity (Wildman–Crippen MR) is 34.6 cm³/mol. The molecule has 1 saturated heterocycles. The van der Waals surface area contributed by atoms with Gasteiger partial charge in [0.25, 0.3) is 0 Å². The molecule has 44 valence electrons. The number of thioether (sulfide) groups is 1. The van der Waals surface area contributed by atoms with Crippen molar-refractivity contribution in [3.8, 4) is 0 Å². The van der Waals surface area contributed by atoms with E-state index >= 15 is 0 Å². The monoisotopic (exact) mass is 129 g/mol. The lowest BCUT2D eigenvalue weighted by molar-refractivity contribution is -0.108. The number of hydrogen-bond acceptors (Lipinski definition) is 3. The van der Waals surface area contributed by atoms with Crippen LogP contribution in [-0.2, 0) is 4.79 Å². The summed E-state index contributed by atoms with van der Waals surface area (Å²) in [5.74, 6) is 0.836. The van der Waals surface area contributed by atoms with Crippen molar-refractivity contribution in [2.75, 3.05) is 5.75 Å².